The van der Waals surface area contributed by atoms with Gasteiger partial charge in [-0.05, 0) is 13.3 Å². The minimum atomic E-state index is -0.917. The second-order valence-corrected chi connectivity index (χ2v) is 4.59. The third kappa shape index (κ3) is 2.78. The molecule has 0 spiro atoms. The Bertz CT molecular complexity index is 550. The van der Waals surface area contributed by atoms with Crippen LogP contribution in [0.1, 0.15) is 31.6 Å². The van der Waals surface area contributed by atoms with Crippen LogP contribution in [-0.2, 0) is 9.47 Å². The quantitative estimate of drug-likeness (QED) is 0.727. The maximum absolute atomic E-state index is 11.6. The van der Waals surface area contributed by atoms with Gasteiger partial charge in [-0.25, -0.2) is 4.79 Å². The summed E-state index contributed by atoms with van der Waals surface area (Å²) in [5.41, 5.74) is -0.664. The van der Waals surface area contributed by atoms with E-state index in [-0.39, 0.29) is 0 Å². The van der Waals surface area contributed by atoms with Crippen LogP contribution in [0.15, 0.2) is 15.8 Å². The fourth-order valence-electron chi connectivity index (χ4n) is 1.83. The molecular weight excluding hydrogens is 252 g/mol. The maximum atomic E-state index is 11.6. The molecule has 1 aromatic rings. The second kappa shape index (κ2) is 5.68. The number of nitrogens with zero attached hydrogens (tertiary/aromatic N) is 1. The number of rotatable bonds is 5. The minimum Gasteiger partial charge on any atom is -0.383 e. The third-order valence-corrected chi connectivity index (χ3v) is 3.04. The van der Waals surface area contributed by atoms with E-state index >= 15 is 0 Å². The summed E-state index contributed by atoms with van der Waals surface area (Å²) >= 11 is 0. The Balaban J connectivity index is 2.04. The van der Waals surface area contributed by atoms with Gasteiger partial charge in [0, 0.05) is 18.4 Å². The van der Waals surface area contributed by atoms with Crippen molar-refractivity contribution in [3.8, 4) is 0 Å². The summed E-state index contributed by atoms with van der Waals surface area (Å²) in [5, 5.41) is 9.90. The molecule has 2 rings (SSSR count). The predicted molar refractivity (Wildman–Crippen MR) is 66.8 cm³/mol. The van der Waals surface area contributed by atoms with Gasteiger partial charge in [-0.15, -0.1) is 0 Å². The lowest BCUT2D eigenvalue weighted by molar-refractivity contribution is -0.349. The Kier molecular flexibility index (Phi) is 4.18. The highest BCUT2D eigenvalue weighted by Gasteiger charge is 2.44. The highest BCUT2D eigenvalue weighted by Crippen LogP contribution is 2.30. The summed E-state index contributed by atoms with van der Waals surface area (Å²) in [7, 11) is 0. The van der Waals surface area contributed by atoms with E-state index in [2.05, 4.69) is 4.98 Å². The number of aliphatic hydroxyl groups is 1. The number of hydrogen-bond acceptors (Lipinski definition) is 5. The molecule has 3 atom stereocenters. The number of aryl methyl sites for hydroxylation is 1. The van der Waals surface area contributed by atoms with Gasteiger partial charge in [-0.3, -0.25) is 14.3 Å². The first kappa shape index (κ1) is 14.0. The van der Waals surface area contributed by atoms with Crippen molar-refractivity contribution >= 4 is 0 Å². The lowest BCUT2D eigenvalue weighted by atomic mass is 10.2. The first-order valence-corrected chi connectivity index (χ1v) is 6.31. The van der Waals surface area contributed by atoms with Gasteiger partial charge in [0.2, 0.25) is 0 Å². The van der Waals surface area contributed by atoms with Crippen LogP contribution in [-0.4, -0.2) is 33.7 Å². The number of unbranched alkanes of at least 4 members (excludes halogenated alkanes) is 1. The zero-order valence-electron chi connectivity index (χ0n) is 11.0. The topological polar surface area (TPSA) is 93.5 Å². The SMILES string of the molecule is CCCCOC1O[C@@H](n2cc(C)c(=O)[nH]c2=O)[C@H]1O. The van der Waals surface area contributed by atoms with Crippen molar-refractivity contribution in [3.05, 3.63) is 32.6 Å². The van der Waals surface area contributed by atoms with Crippen LogP contribution in [0.2, 0.25) is 0 Å². The molecular formula is C12H18N2O5. The van der Waals surface area contributed by atoms with Crippen LogP contribution >= 0.6 is 0 Å². The Hall–Kier alpha value is -1.44. The fraction of sp³-hybridized carbons (Fsp3) is 0.667. The van der Waals surface area contributed by atoms with Crippen molar-refractivity contribution < 1.29 is 14.6 Å². The molecule has 0 aliphatic carbocycles. The number of ether oxygens (including phenoxy) is 2. The molecule has 0 amide bonds. The molecule has 1 aliphatic rings. The number of aliphatic hydroxyl groups excluding tert-OH is 1. The zero-order valence-corrected chi connectivity index (χ0v) is 11.0. The van der Waals surface area contributed by atoms with E-state index in [1.165, 1.54) is 10.8 Å². The molecule has 2 N–H and O–H groups in total. The molecule has 1 fully saturated rings. The van der Waals surface area contributed by atoms with Crippen LogP contribution < -0.4 is 11.2 Å². The summed E-state index contributed by atoms with van der Waals surface area (Å²) in [6.07, 6.45) is 0.808. The number of aromatic nitrogens is 2. The molecule has 1 aromatic heterocycles. The van der Waals surface area contributed by atoms with E-state index in [4.69, 9.17) is 9.47 Å². The van der Waals surface area contributed by atoms with Crippen LogP contribution in [0.3, 0.4) is 0 Å². The average molecular weight is 270 g/mol. The van der Waals surface area contributed by atoms with E-state index in [1.54, 1.807) is 6.92 Å². The van der Waals surface area contributed by atoms with Gasteiger partial charge in [0.1, 0.15) is 0 Å². The number of nitrogens with one attached hydrogen (secondary N) is 1. The molecule has 0 aromatic carbocycles. The molecule has 0 saturated carbocycles. The molecule has 1 saturated heterocycles. The van der Waals surface area contributed by atoms with Crippen LogP contribution in [0.4, 0.5) is 0 Å². The largest absolute Gasteiger partial charge is 0.383 e. The summed E-state index contributed by atoms with van der Waals surface area (Å²) in [4.78, 5) is 25.0. The molecule has 19 heavy (non-hydrogen) atoms. The first-order chi connectivity index (χ1) is 9.04. The standard InChI is InChI=1S/C12H18N2O5/c1-3-4-5-18-11-8(15)10(19-11)14-6-7(2)9(16)13-12(14)17/h6,8,10-11,15H,3-5H2,1-2H3,(H,13,16,17)/t8-,10-,11?/m1/s1. The Morgan fingerprint density at radius 2 is 2.26 bits per heavy atom. The lowest BCUT2D eigenvalue weighted by Gasteiger charge is -2.41. The van der Waals surface area contributed by atoms with Gasteiger partial charge >= 0.3 is 5.69 Å². The highest BCUT2D eigenvalue weighted by molar-refractivity contribution is 5.02. The van der Waals surface area contributed by atoms with Gasteiger partial charge in [-0.1, -0.05) is 13.3 Å². The molecule has 7 heteroatoms. The van der Waals surface area contributed by atoms with Crippen molar-refractivity contribution in [3.63, 3.8) is 0 Å². The van der Waals surface area contributed by atoms with Crippen molar-refractivity contribution in [2.24, 2.45) is 0 Å². The monoisotopic (exact) mass is 270 g/mol. The van der Waals surface area contributed by atoms with Gasteiger partial charge in [0.05, 0.1) is 0 Å². The zero-order chi connectivity index (χ0) is 14.0. The molecule has 0 radical (unpaired) electrons. The smallest absolute Gasteiger partial charge is 0.330 e. The summed E-state index contributed by atoms with van der Waals surface area (Å²) in [6, 6.07) is 0. The Morgan fingerprint density at radius 1 is 1.53 bits per heavy atom. The van der Waals surface area contributed by atoms with Gasteiger partial charge < -0.3 is 14.6 Å². The van der Waals surface area contributed by atoms with Gasteiger partial charge in [0.15, 0.2) is 18.6 Å². The first-order valence-electron chi connectivity index (χ1n) is 6.31. The number of aromatic amines is 1. The van der Waals surface area contributed by atoms with Crippen molar-refractivity contribution in [1.29, 1.82) is 0 Å². The molecule has 0 bridgehead atoms. The van der Waals surface area contributed by atoms with Crippen molar-refractivity contribution in [2.75, 3.05) is 6.61 Å². The van der Waals surface area contributed by atoms with E-state index in [0.717, 1.165) is 12.8 Å². The summed E-state index contributed by atoms with van der Waals surface area (Å²) in [5.74, 6) is 0. The second-order valence-electron chi connectivity index (χ2n) is 4.59. The molecule has 1 aliphatic heterocycles. The van der Waals surface area contributed by atoms with Gasteiger partial charge in [0.25, 0.3) is 5.56 Å². The van der Waals surface area contributed by atoms with E-state index in [0.29, 0.717) is 12.2 Å². The van der Waals surface area contributed by atoms with Crippen molar-refractivity contribution in [1.82, 2.24) is 9.55 Å². The highest BCUT2D eigenvalue weighted by atomic mass is 16.7. The molecule has 106 valence electrons. The van der Waals surface area contributed by atoms with Crippen LogP contribution in [0, 0.1) is 6.92 Å². The molecule has 1 unspecified atom stereocenters. The minimum absolute atomic E-state index is 0.380. The van der Waals surface area contributed by atoms with Crippen LogP contribution in [0.5, 0.6) is 0 Å². The normalized spacial score (nSPS) is 26.2. The average Bonchev–Trinajstić information content (AvgIpc) is 2.38. The lowest BCUT2D eigenvalue weighted by Crippen LogP contribution is -2.54. The fourth-order valence-corrected chi connectivity index (χ4v) is 1.83. The predicted octanol–water partition coefficient (Wildman–Crippen LogP) is -0.122. The summed E-state index contributed by atoms with van der Waals surface area (Å²) < 4.78 is 11.8. The number of H-pyrrole nitrogens is 1. The van der Waals surface area contributed by atoms with Gasteiger partial charge in [-0.2, -0.15) is 0 Å². The van der Waals surface area contributed by atoms with E-state index in [1.807, 2.05) is 6.92 Å². The number of hydrogen-bond donors (Lipinski definition) is 2. The summed E-state index contributed by atoms with van der Waals surface area (Å²) in [6.45, 7) is 4.12. The van der Waals surface area contributed by atoms with E-state index in [9.17, 15) is 14.7 Å². The van der Waals surface area contributed by atoms with E-state index < -0.39 is 29.9 Å². The Labute approximate surface area is 109 Å². The Morgan fingerprint density at radius 3 is 2.89 bits per heavy atom. The third-order valence-electron chi connectivity index (χ3n) is 3.04. The maximum Gasteiger partial charge on any atom is 0.330 e. The molecule has 7 nitrogen and oxygen atoms in total. The molecule has 2 heterocycles. The van der Waals surface area contributed by atoms with Crippen LogP contribution in [0.25, 0.3) is 0 Å². The van der Waals surface area contributed by atoms with Crippen molar-refractivity contribution in [2.45, 2.75) is 45.3 Å².